The molecule has 0 radical (unpaired) electrons. The Bertz CT molecular complexity index is 509. The Morgan fingerprint density at radius 3 is 2.22 bits per heavy atom. The van der Waals surface area contributed by atoms with Crippen LogP contribution in [0, 0.1) is 0 Å². The summed E-state index contributed by atoms with van der Waals surface area (Å²) < 4.78 is 11.2. The van der Waals surface area contributed by atoms with Crippen LogP contribution in [0.25, 0.3) is 0 Å². The lowest BCUT2D eigenvalue weighted by atomic mass is 10.1. The zero-order chi connectivity index (χ0) is 13.0. The Morgan fingerprint density at radius 2 is 1.61 bits per heavy atom. The summed E-state index contributed by atoms with van der Waals surface area (Å²) in [5, 5.41) is 0. The van der Waals surface area contributed by atoms with E-state index in [1.165, 1.54) is 0 Å². The van der Waals surface area contributed by atoms with E-state index in [1.54, 1.807) is 7.11 Å². The Kier molecular flexibility index (Phi) is 3.85. The molecule has 0 aliphatic carbocycles. The minimum Gasteiger partial charge on any atom is -0.496 e. The molecule has 0 saturated carbocycles. The Labute approximate surface area is 107 Å². The highest BCUT2D eigenvalue weighted by Gasteiger charge is 2.14. The Morgan fingerprint density at radius 1 is 0.944 bits per heavy atom. The zero-order valence-electron chi connectivity index (χ0n) is 10.6. The van der Waals surface area contributed by atoms with Gasteiger partial charge >= 0.3 is 0 Å². The van der Waals surface area contributed by atoms with Gasteiger partial charge in [-0.1, -0.05) is 24.3 Å². The van der Waals surface area contributed by atoms with Gasteiger partial charge in [0.15, 0.2) is 0 Å². The molecule has 0 aliphatic heterocycles. The molecule has 0 aliphatic rings. The first-order valence-electron chi connectivity index (χ1n) is 5.87. The van der Waals surface area contributed by atoms with Gasteiger partial charge in [0.2, 0.25) is 0 Å². The summed E-state index contributed by atoms with van der Waals surface area (Å²) in [4.78, 5) is 0. The topological polar surface area (TPSA) is 44.5 Å². The third-order valence-corrected chi connectivity index (χ3v) is 2.67. The second-order valence-corrected chi connectivity index (χ2v) is 4.08. The summed E-state index contributed by atoms with van der Waals surface area (Å²) in [5.41, 5.74) is 6.86. The van der Waals surface area contributed by atoms with E-state index in [1.807, 2.05) is 55.5 Å². The smallest absolute Gasteiger partial charge is 0.135 e. The molecule has 0 saturated heterocycles. The van der Waals surface area contributed by atoms with Crippen LogP contribution in [0.2, 0.25) is 0 Å². The normalized spacial score (nSPS) is 11.9. The molecule has 3 heteroatoms. The molecular weight excluding hydrogens is 226 g/mol. The minimum absolute atomic E-state index is 0.153. The fourth-order valence-corrected chi connectivity index (χ4v) is 1.86. The summed E-state index contributed by atoms with van der Waals surface area (Å²) >= 11 is 0. The first kappa shape index (κ1) is 12.5. The van der Waals surface area contributed by atoms with E-state index < -0.39 is 0 Å². The molecular formula is C15H17NO2. The van der Waals surface area contributed by atoms with E-state index >= 15 is 0 Å². The number of benzene rings is 2. The molecule has 2 rings (SSSR count). The van der Waals surface area contributed by atoms with Gasteiger partial charge in [0.25, 0.3) is 0 Å². The summed E-state index contributed by atoms with van der Waals surface area (Å²) in [5.74, 6) is 2.27. The third kappa shape index (κ3) is 2.63. The average Bonchev–Trinajstić information content (AvgIpc) is 2.39. The number of nitrogens with two attached hydrogens (primary N) is 1. The predicted molar refractivity (Wildman–Crippen MR) is 72.1 cm³/mol. The Balaban J connectivity index is 2.38. The summed E-state index contributed by atoms with van der Waals surface area (Å²) in [6, 6.07) is 15.1. The van der Waals surface area contributed by atoms with Crippen LogP contribution in [-0.4, -0.2) is 7.11 Å². The van der Waals surface area contributed by atoms with Gasteiger partial charge in [-0.3, -0.25) is 0 Å². The van der Waals surface area contributed by atoms with Crippen molar-refractivity contribution in [2.24, 2.45) is 5.73 Å². The molecule has 0 amide bonds. The molecule has 0 heterocycles. The maximum absolute atomic E-state index is 5.98. The second-order valence-electron chi connectivity index (χ2n) is 4.08. The molecule has 0 fully saturated rings. The van der Waals surface area contributed by atoms with E-state index in [0.29, 0.717) is 0 Å². The lowest BCUT2D eigenvalue weighted by molar-refractivity contribution is 0.397. The number of para-hydroxylation sites is 1. The molecule has 1 unspecified atom stereocenters. The van der Waals surface area contributed by atoms with E-state index in [9.17, 15) is 0 Å². The first-order valence-corrected chi connectivity index (χ1v) is 5.87. The number of ether oxygens (including phenoxy) is 2. The minimum atomic E-state index is -0.153. The van der Waals surface area contributed by atoms with Gasteiger partial charge in [0, 0.05) is 6.04 Å². The molecule has 2 aromatic carbocycles. The van der Waals surface area contributed by atoms with E-state index in [4.69, 9.17) is 15.2 Å². The van der Waals surface area contributed by atoms with Crippen LogP contribution >= 0.6 is 0 Å². The number of rotatable bonds is 4. The van der Waals surface area contributed by atoms with E-state index in [2.05, 4.69) is 0 Å². The van der Waals surface area contributed by atoms with Gasteiger partial charge in [0.05, 0.1) is 12.7 Å². The van der Waals surface area contributed by atoms with Crippen molar-refractivity contribution in [1.29, 1.82) is 0 Å². The lowest BCUT2D eigenvalue weighted by Gasteiger charge is -2.17. The maximum atomic E-state index is 5.98. The monoisotopic (exact) mass is 243 g/mol. The standard InChI is InChI=1S/C15H17NO2/c1-11(16)15-13(17-2)9-6-10-14(15)18-12-7-4-3-5-8-12/h3-11H,16H2,1-2H3. The fourth-order valence-electron chi connectivity index (χ4n) is 1.86. The quantitative estimate of drug-likeness (QED) is 0.893. The summed E-state index contributed by atoms with van der Waals surface area (Å²) in [6.07, 6.45) is 0. The number of methoxy groups -OCH3 is 1. The largest absolute Gasteiger partial charge is 0.496 e. The van der Waals surface area contributed by atoms with Gasteiger partial charge in [0.1, 0.15) is 17.2 Å². The molecule has 94 valence electrons. The lowest BCUT2D eigenvalue weighted by Crippen LogP contribution is -2.08. The molecule has 0 bridgehead atoms. The SMILES string of the molecule is COc1cccc(Oc2ccccc2)c1C(C)N. The highest BCUT2D eigenvalue weighted by Crippen LogP contribution is 2.35. The predicted octanol–water partition coefficient (Wildman–Crippen LogP) is 3.51. The van der Waals surface area contributed by atoms with Crippen LogP contribution in [0.15, 0.2) is 48.5 Å². The molecule has 2 aromatic rings. The number of hydrogen-bond donors (Lipinski definition) is 1. The van der Waals surface area contributed by atoms with Crippen molar-refractivity contribution in [2.75, 3.05) is 7.11 Å². The van der Waals surface area contributed by atoms with Crippen LogP contribution in [0.3, 0.4) is 0 Å². The van der Waals surface area contributed by atoms with Crippen molar-refractivity contribution in [3.63, 3.8) is 0 Å². The second kappa shape index (κ2) is 5.56. The molecule has 1 atom stereocenters. The average molecular weight is 243 g/mol. The molecule has 3 nitrogen and oxygen atoms in total. The molecule has 0 spiro atoms. The van der Waals surface area contributed by atoms with Gasteiger partial charge in [-0.15, -0.1) is 0 Å². The van der Waals surface area contributed by atoms with Gasteiger partial charge in [-0.25, -0.2) is 0 Å². The maximum Gasteiger partial charge on any atom is 0.135 e. The zero-order valence-corrected chi connectivity index (χ0v) is 10.6. The van der Waals surface area contributed by atoms with Crippen molar-refractivity contribution < 1.29 is 9.47 Å². The van der Waals surface area contributed by atoms with Gasteiger partial charge < -0.3 is 15.2 Å². The third-order valence-electron chi connectivity index (χ3n) is 2.67. The highest BCUT2D eigenvalue weighted by molar-refractivity contribution is 5.48. The Hall–Kier alpha value is -2.00. The summed E-state index contributed by atoms with van der Waals surface area (Å²) in [7, 11) is 1.63. The van der Waals surface area contributed by atoms with Crippen molar-refractivity contribution >= 4 is 0 Å². The van der Waals surface area contributed by atoms with Gasteiger partial charge in [-0.05, 0) is 31.2 Å². The van der Waals surface area contributed by atoms with Crippen molar-refractivity contribution in [1.82, 2.24) is 0 Å². The van der Waals surface area contributed by atoms with Gasteiger partial charge in [-0.2, -0.15) is 0 Å². The molecule has 18 heavy (non-hydrogen) atoms. The van der Waals surface area contributed by atoms with Crippen molar-refractivity contribution in [3.8, 4) is 17.2 Å². The first-order chi connectivity index (χ1) is 8.72. The van der Waals surface area contributed by atoms with Crippen LogP contribution < -0.4 is 15.2 Å². The van der Waals surface area contributed by atoms with E-state index in [0.717, 1.165) is 22.8 Å². The fraction of sp³-hybridized carbons (Fsp3) is 0.200. The van der Waals surface area contributed by atoms with Crippen molar-refractivity contribution in [3.05, 3.63) is 54.1 Å². The van der Waals surface area contributed by atoms with E-state index in [-0.39, 0.29) is 6.04 Å². The molecule has 0 aromatic heterocycles. The van der Waals surface area contributed by atoms with Crippen LogP contribution in [0.1, 0.15) is 18.5 Å². The highest BCUT2D eigenvalue weighted by atomic mass is 16.5. The van der Waals surface area contributed by atoms with Crippen molar-refractivity contribution in [2.45, 2.75) is 13.0 Å². The summed E-state index contributed by atoms with van der Waals surface area (Å²) in [6.45, 7) is 1.91. The van der Waals surface area contributed by atoms with Crippen LogP contribution in [0.5, 0.6) is 17.2 Å². The number of hydrogen-bond acceptors (Lipinski definition) is 3. The molecule has 2 N–H and O–H groups in total. The van der Waals surface area contributed by atoms with Crippen LogP contribution in [0.4, 0.5) is 0 Å². The van der Waals surface area contributed by atoms with Crippen LogP contribution in [-0.2, 0) is 0 Å².